The number of unbranched alkanes of at least 4 members (excludes halogenated alkanes) is 5. The van der Waals surface area contributed by atoms with Gasteiger partial charge in [0.25, 0.3) is 5.91 Å². The van der Waals surface area contributed by atoms with Crippen LogP contribution in [0.3, 0.4) is 0 Å². The molecule has 5 saturated heterocycles. The molecule has 0 saturated carbocycles. The van der Waals surface area contributed by atoms with Gasteiger partial charge in [-0.05, 0) is 31.0 Å². The van der Waals surface area contributed by atoms with E-state index in [1.807, 2.05) is 0 Å². The SMILES string of the molecule is CCCCCCC#CCCCOc1cccc(C(=O)NC2[C@H](O[C@H]3C(O)C(NC(C)=O)[C@H](OC4C(CO)O[C@@H](O[C@H]5C(O)C(NC(C)=O)[C@H](OC6C(CO)OC(O)[C@@H](NC(C)=O)[C@H]6O)O[C@H]5CO)[C@@H](NC(C)=O)[C@H]4O)O[C@H]3CO)OC(CO)[C@@H](O)[C@@H]2O)c1. The average molecular weight is 1260 g/mol. The molecule has 0 bridgehead atoms. The second kappa shape index (κ2) is 34.5. The molecule has 17 N–H and O–H groups in total. The first-order valence-electron chi connectivity index (χ1n) is 29.3. The summed E-state index contributed by atoms with van der Waals surface area (Å²) < 4.78 is 59.8. The summed E-state index contributed by atoms with van der Waals surface area (Å²) in [4.78, 5) is 64.1. The van der Waals surface area contributed by atoms with E-state index in [1.54, 1.807) is 12.1 Å². The summed E-state index contributed by atoms with van der Waals surface area (Å²) in [6.45, 7) is 1.92. The predicted octanol–water partition coefficient (Wildman–Crippen LogP) is -6.78. The smallest absolute Gasteiger partial charge is 0.251 e. The summed E-state index contributed by atoms with van der Waals surface area (Å²) in [6, 6.07) is -2.26. The fourth-order valence-corrected chi connectivity index (χ4v) is 11.0. The third-order valence-electron chi connectivity index (χ3n) is 15.3. The van der Waals surface area contributed by atoms with Gasteiger partial charge in [0.2, 0.25) is 23.6 Å². The van der Waals surface area contributed by atoms with Crippen molar-refractivity contribution in [2.75, 3.05) is 39.6 Å². The lowest BCUT2D eigenvalue weighted by atomic mass is 9.93. The third kappa shape index (κ3) is 18.6. The van der Waals surface area contributed by atoms with Crippen LogP contribution in [0.5, 0.6) is 5.75 Å². The molecule has 0 radical (unpaired) electrons. The van der Waals surface area contributed by atoms with Gasteiger partial charge < -0.3 is 135 Å². The summed E-state index contributed by atoms with van der Waals surface area (Å²) >= 11 is 0. The molecule has 0 aliphatic carbocycles. The van der Waals surface area contributed by atoms with Crippen LogP contribution in [-0.2, 0) is 61.8 Å². The van der Waals surface area contributed by atoms with E-state index < -0.39 is 216 Å². The van der Waals surface area contributed by atoms with Crippen LogP contribution in [0.1, 0.15) is 89.9 Å². The Bertz CT molecular complexity index is 2460. The summed E-state index contributed by atoms with van der Waals surface area (Å²) in [5.74, 6) is 2.72. The zero-order chi connectivity index (χ0) is 64.5. The lowest BCUT2D eigenvalue weighted by Gasteiger charge is -2.51. The quantitative estimate of drug-likeness (QED) is 0.0288. The number of aliphatic hydroxyl groups is 12. The highest BCUT2D eigenvalue weighted by Gasteiger charge is 2.58. The van der Waals surface area contributed by atoms with E-state index in [0.717, 1.165) is 53.4 Å². The van der Waals surface area contributed by atoms with E-state index in [1.165, 1.54) is 18.6 Å². The van der Waals surface area contributed by atoms with Gasteiger partial charge in [0.1, 0.15) is 128 Å². The second-order valence-electron chi connectivity index (χ2n) is 22.0. The van der Waals surface area contributed by atoms with Crippen LogP contribution in [0.2, 0.25) is 0 Å². The van der Waals surface area contributed by atoms with Gasteiger partial charge in [-0.25, -0.2) is 0 Å². The van der Waals surface area contributed by atoms with E-state index in [-0.39, 0.29) is 5.56 Å². The number of hydrogen-bond acceptors (Lipinski definition) is 27. The lowest BCUT2D eigenvalue weighted by Crippen LogP contribution is -2.72. The van der Waals surface area contributed by atoms with Crippen LogP contribution >= 0.6 is 0 Å². The second-order valence-corrected chi connectivity index (χ2v) is 22.0. The molecule has 32 nitrogen and oxygen atoms in total. The van der Waals surface area contributed by atoms with Crippen molar-refractivity contribution >= 4 is 29.5 Å². The van der Waals surface area contributed by atoms with Crippen molar-refractivity contribution in [2.45, 2.75) is 233 Å². The number of benzene rings is 1. The van der Waals surface area contributed by atoms with Crippen LogP contribution < -0.4 is 31.3 Å². The maximum atomic E-state index is 13.9. The van der Waals surface area contributed by atoms with Crippen LogP contribution in [-0.4, -0.2) is 284 Å². The highest BCUT2D eigenvalue weighted by Crippen LogP contribution is 2.36. The fourth-order valence-electron chi connectivity index (χ4n) is 11.0. The topological polar surface area (TPSA) is 481 Å². The van der Waals surface area contributed by atoms with Crippen molar-refractivity contribution in [2.24, 2.45) is 0 Å². The van der Waals surface area contributed by atoms with Gasteiger partial charge in [0.15, 0.2) is 31.5 Å². The van der Waals surface area contributed by atoms with Crippen molar-refractivity contribution in [3.8, 4) is 17.6 Å². The number of aliphatic hydroxyl groups excluding tert-OH is 12. The first-order chi connectivity index (χ1) is 42.0. The van der Waals surface area contributed by atoms with E-state index >= 15 is 0 Å². The summed E-state index contributed by atoms with van der Waals surface area (Å²) in [7, 11) is 0. The van der Waals surface area contributed by atoms with Gasteiger partial charge in [-0.2, -0.15) is 0 Å². The van der Waals surface area contributed by atoms with Crippen LogP contribution in [0.4, 0.5) is 0 Å². The van der Waals surface area contributed by atoms with Crippen LogP contribution in [0, 0.1) is 11.8 Å². The first-order valence-corrected chi connectivity index (χ1v) is 29.3. The molecule has 498 valence electrons. The molecule has 6 rings (SSSR count). The molecule has 25 atom stereocenters. The normalized spacial score (nSPS) is 37.5. The molecule has 5 fully saturated rings. The van der Waals surface area contributed by atoms with Gasteiger partial charge in [0.05, 0.1) is 39.6 Å². The van der Waals surface area contributed by atoms with Gasteiger partial charge >= 0.3 is 0 Å². The molecule has 32 heteroatoms. The standard InChI is InChI=1S/C56H87N5O27/c1-6-7-8-9-10-11-12-13-14-18-79-30-17-15-16-29(19-30)51(77)61-37-42(72)41(71)31(20-62)81-53(37)86-48-33(22-64)83-55(39(44(48)74)59-27(4)69)88-50-35(24-66)84-56(40(46(50)76)60-28(5)70)87-49-34(23-65)82-54(38(45(49)75)58-26(3)68)85-47-32(21-63)80-52(78)36(43(47)73)57-25(2)67/h15-17,19,31-50,52-56,62-66,71-76,78H,6-10,13-14,18,20-24H2,1-5H3,(H,57,67)(H,58,68)(H,59,69)(H,60,70)(H,61,77)/t31?,32?,33-,34-,35?,36-,37?,38?,39?,40-,41+,42+,43+,44?,45?,46+,47?,48+,49+,50?,52?,53-,54-,55-,56-/m0/s1. The van der Waals surface area contributed by atoms with Crippen molar-refractivity contribution in [3.05, 3.63) is 29.8 Å². The van der Waals surface area contributed by atoms with Gasteiger partial charge in [-0.3, -0.25) is 24.0 Å². The molecule has 0 spiro atoms. The van der Waals surface area contributed by atoms with E-state index in [2.05, 4.69) is 45.3 Å². The minimum Gasteiger partial charge on any atom is -0.494 e. The molecule has 0 aromatic heterocycles. The fraction of sp³-hybridized carbons (Fsp3) is 0.768. The molecule has 5 aliphatic rings. The number of hydrogen-bond donors (Lipinski definition) is 17. The Balaban J connectivity index is 1.18. The Kier molecular flexibility index (Phi) is 28.3. The van der Waals surface area contributed by atoms with Crippen molar-refractivity contribution in [3.63, 3.8) is 0 Å². The molecule has 1 aromatic rings. The molecule has 5 aliphatic heterocycles. The van der Waals surface area contributed by atoms with Crippen molar-refractivity contribution in [1.29, 1.82) is 0 Å². The minimum atomic E-state index is -2.03. The number of carbonyl (C=O) groups is 5. The summed E-state index contributed by atoms with van der Waals surface area (Å²) in [6.07, 6.45) is -29.4. The van der Waals surface area contributed by atoms with Gasteiger partial charge in [-0.1, -0.05) is 32.3 Å². The minimum absolute atomic E-state index is 0.0436. The zero-order valence-electron chi connectivity index (χ0n) is 49.4. The highest BCUT2D eigenvalue weighted by atomic mass is 16.8. The molecule has 5 amide bonds. The van der Waals surface area contributed by atoms with E-state index in [0.29, 0.717) is 25.2 Å². The number of ether oxygens (including phenoxy) is 10. The third-order valence-corrected chi connectivity index (χ3v) is 15.3. The van der Waals surface area contributed by atoms with Gasteiger partial charge in [0, 0.05) is 46.1 Å². The summed E-state index contributed by atoms with van der Waals surface area (Å²) in [5.41, 5.74) is 0.0436. The monoisotopic (exact) mass is 1260 g/mol. The molecule has 5 heterocycles. The van der Waals surface area contributed by atoms with Crippen molar-refractivity contribution in [1.82, 2.24) is 26.6 Å². The largest absolute Gasteiger partial charge is 0.494 e. The zero-order valence-corrected chi connectivity index (χ0v) is 49.4. The Morgan fingerprint density at radius 1 is 0.455 bits per heavy atom. The number of amides is 5. The Morgan fingerprint density at radius 3 is 1.24 bits per heavy atom. The van der Waals surface area contributed by atoms with E-state index in [9.17, 15) is 85.3 Å². The maximum absolute atomic E-state index is 13.9. The number of rotatable bonds is 27. The van der Waals surface area contributed by atoms with Gasteiger partial charge in [-0.15, -0.1) is 11.8 Å². The Hall–Kier alpha value is -4.91. The molecule has 1 aromatic carbocycles. The highest BCUT2D eigenvalue weighted by molar-refractivity contribution is 5.94. The summed E-state index contributed by atoms with van der Waals surface area (Å²) in [5, 5.41) is 145. The first kappa shape index (κ1) is 72.2. The molecular formula is C56H87N5O27. The molecule has 11 unspecified atom stereocenters. The number of nitrogens with one attached hydrogen (secondary N) is 5. The Morgan fingerprint density at radius 2 is 0.830 bits per heavy atom. The van der Waals surface area contributed by atoms with Crippen LogP contribution in [0.25, 0.3) is 0 Å². The Labute approximate surface area is 507 Å². The average Bonchev–Trinajstić information content (AvgIpc) is 1.44. The van der Waals surface area contributed by atoms with E-state index in [4.69, 9.17) is 47.4 Å². The molecular weight excluding hydrogens is 1170 g/mol. The number of carbonyl (C=O) groups excluding carboxylic acids is 5. The predicted molar refractivity (Wildman–Crippen MR) is 296 cm³/mol. The van der Waals surface area contributed by atoms with Crippen molar-refractivity contribution < 1.29 is 133 Å². The molecule has 88 heavy (non-hydrogen) atoms. The lowest BCUT2D eigenvalue weighted by molar-refractivity contribution is -0.367. The van der Waals surface area contributed by atoms with Crippen LogP contribution in [0.15, 0.2) is 24.3 Å². The maximum Gasteiger partial charge on any atom is 0.251 e.